The van der Waals surface area contributed by atoms with Gasteiger partial charge in [-0.15, -0.1) is 0 Å². The first-order chi connectivity index (χ1) is 14.2. The van der Waals surface area contributed by atoms with Gasteiger partial charge in [-0.1, -0.05) is 35.1 Å². The molecule has 1 aromatic carbocycles. The average molecular weight is 409 g/mol. The Labute approximate surface area is 176 Å². The highest BCUT2D eigenvalue weighted by atomic mass is 32.1. The van der Waals surface area contributed by atoms with Crippen molar-refractivity contribution in [2.24, 2.45) is 9.98 Å². The Balaban J connectivity index is 1.73. The topological polar surface area (TPSA) is 64.9 Å². The van der Waals surface area contributed by atoms with Gasteiger partial charge < -0.3 is 10.2 Å². The van der Waals surface area contributed by atoms with E-state index in [1.165, 1.54) is 18.4 Å². The summed E-state index contributed by atoms with van der Waals surface area (Å²) in [5.41, 5.74) is 4.25. The fraction of sp³-hybridized carbons (Fsp3) is 0.409. The first-order valence-electron chi connectivity index (χ1n) is 10.2. The van der Waals surface area contributed by atoms with Gasteiger partial charge in [0.05, 0.1) is 23.0 Å². The normalized spacial score (nSPS) is 17.8. The number of hydrogen-bond acceptors (Lipinski definition) is 7. The third kappa shape index (κ3) is 5.18. The van der Waals surface area contributed by atoms with Crippen LogP contribution in [0.5, 0.6) is 0 Å². The summed E-state index contributed by atoms with van der Waals surface area (Å²) in [6, 6.07) is 9.14. The highest BCUT2D eigenvalue weighted by molar-refractivity contribution is 7.18. The molecule has 0 atom stereocenters. The Morgan fingerprint density at radius 2 is 2.21 bits per heavy atom. The number of nitrogens with one attached hydrogen (secondary N) is 2. The maximum atomic E-state index is 5.07. The molecule has 0 spiro atoms. The number of aliphatic imine (C=N–C) groups is 2. The maximum Gasteiger partial charge on any atom is 0.186 e. The van der Waals surface area contributed by atoms with E-state index < -0.39 is 0 Å². The standard InChI is InChI=1S/C22H28N6S/c1-16-4-3-5-17(14-16)20-21(29-22(27-20)28-12-10-24-11-13-28)19(8-9-23-2)26-15-25-18-6-7-18/h3-5,8-9,14,18,24-25H,2,6-7,10-13,15H2,1H3/b9-8-,26-19+. The van der Waals surface area contributed by atoms with Crippen LogP contribution in [0.3, 0.4) is 0 Å². The molecule has 2 heterocycles. The van der Waals surface area contributed by atoms with Crippen LogP contribution >= 0.6 is 11.3 Å². The van der Waals surface area contributed by atoms with Crippen molar-refractivity contribution in [1.82, 2.24) is 15.6 Å². The molecule has 152 valence electrons. The molecule has 0 unspecified atom stereocenters. The zero-order valence-corrected chi connectivity index (χ0v) is 17.7. The van der Waals surface area contributed by atoms with Crippen LogP contribution in [0.15, 0.2) is 46.5 Å². The minimum atomic E-state index is 0.607. The SMILES string of the molecule is C=N/C=C\C(=N/CNC1CC1)c1sc(N2CCNCC2)nc1-c1cccc(C)c1. The second-order valence-corrected chi connectivity index (χ2v) is 8.44. The Hall–Kier alpha value is -2.35. The average Bonchev–Trinajstić information content (AvgIpc) is 3.46. The van der Waals surface area contributed by atoms with Crippen molar-refractivity contribution in [3.63, 3.8) is 0 Å². The quantitative estimate of drug-likeness (QED) is 0.658. The molecule has 29 heavy (non-hydrogen) atoms. The molecular weight excluding hydrogens is 380 g/mol. The van der Waals surface area contributed by atoms with E-state index in [1.54, 1.807) is 17.5 Å². The molecule has 6 nitrogen and oxygen atoms in total. The fourth-order valence-corrected chi connectivity index (χ4v) is 4.46. The largest absolute Gasteiger partial charge is 0.346 e. The number of nitrogens with zero attached hydrogens (tertiary/aromatic N) is 4. The minimum Gasteiger partial charge on any atom is -0.346 e. The van der Waals surface area contributed by atoms with E-state index in [1.807, 2.05) is 6.08 Å². The third-order valence-corrected chi connectivity index (χ3v) is 6.21. The maximum absolute atomic E-state index is 5.07. The highest BCUT2D eigenvalue weighted by Crippen LogP contribution is 2.34. The van der Waals surface area contributed by atoms with E-state index in [9.17, 15) is 0 Å². The number of benzene rings is 1. The Morgan fingerprint density at radius 1 is 1.38 bits per heavy atom. The monoisotopic (exact) mass is 408 g/mol. The number of piperazine rings is 1. The van der Waals surface area contributed by atoms with Crippen molar-refractivity contribution < 1.29 is 0 Å². The molecule has 2 aromatic rings. The van der Waals surface area contributed by atoms with Crippen LogP contribution < -0.4 is 15.5 Å². The third-order valence-electron chi connectivity index (χ3n) is 5.07. The van der Waals surface area contributed by atoms with Crippen LogP contribution in [-0.4, -0.2) is 56.3 Å². The Bertz CT molecular complexity index is 906. The summed E-state index contributed by atoms with van der Waals surface area (Å²) >= 11 is 1.71. The van der Waals surface area contributed by atoms with Crippen molar-refractivity contribution in [3.05, 3.63) is 47.0 Å². The predicted octanol–water partition coefficient (Wildman–Crippen LogP) is 3.24. The summed E-state index contributed by atoms with van der Waals surface area (Å²) < 4.78 is 0. The number of thiazole rings is 1. The molecule has 1 aliphatic carbocycles. The lowest BCUT2D eigenvalue weighted by molar-refractivity contribution is 0.588. The molecule has 0 amide bonds. The van der Waals surface area contributed by atoms with Crippen LogP contribution in [0.1, 0.15) is 23.3 Å². The van der Waals surface area contributed by atoms with Crippen molar-refractivity contribution >= 4 is 28.9 Å². The van der Waals surface area contributed by atoms with Gasteiger partial charge in [0.2, 0.25) is 0 Å². The molecule has 2 fully saturated rings. The van der Waals surface area contributed by atoms with Gasteiger partial charge in [0.25, 0.3) is 0 Å². The first kappa shape index (κ1) is 19.9. The lowest BCUT2D eigenvalue weighted by Crippen LogP contribution is -2.43. The second-order valence-electron chi connectivity index (χ2n) is 7.46. The van der Waals surface area contributed by atoms with Crippen molar-refractivity contribution in [1.29, 1.82) is 0 Å². The van der Waals surface area contributed by atoms with Crippen molar-refractivity contribution in [3.8, 4) is 11.3 Å². The molecule has 0 radical (unpaired) electrons. The first-order valence-corrected chi connectivity index (χ1v) is 11.0. The molecule has 1 saturated heterocycles. The number of rotatable bonds is 8. The molecule has 0 bridgehead atoms. The lowest BCUT2D eigenvalue weighted by atomic mass is 10.1. The molecule has 7 heteroatoms. The Kier molecular flexibility index (Phi) is 6.49. The second kappa shape index (κ2) is 9.43. The summed E-state index contributed by atoms with van der Waals surface area (Å²) in [7, 11) is 0. The van der Waals surface area contributed by atoms with Crippen LogP contribution in [0.25, 0.3) is 11.3 Å². The van der Waals surface area contributed by atoms with Gasteiger partial charge in [0.1, 0.15) is 0 Å². The van der Waals surface area contributed by atoms with Gasteiger partial charge in [-0.25, -0.2) is 4.98 Å². The lowest BCUT2D eigenvalue weighted by Gasteiger charge is -2.26. The van der Waals surface area contributed by atoms with Gasteiger partial charge in [0, 0.05) is 44.0 Å². The number of allylic oxidation sites excluding steroid dienone is 1. The molecule has 2 N–H and O–H groups in total. The van der Waals surface area contributed by atoms with E-state index in [4.69, 9.17) is 9.98 Å². The van der Waals surface area contributed by atoms with Gasteiger partial charge in [-0.2, -0.15) is 0 Å². The van der Waals surface area contributed by atoms with Gasteiger partial charge in [-0.05, 0) is 38.6 Å². The molecule has 4 rings (SSSR count). The summed E-state index contributed by atoms with van der Waals surface area (Å²) in [5, 5.41) is 7.94. The van der Waals surface area contributed by atoms with Gasteiger partial charge >= 0.3 is 0 Å². The van der Waals surface area contributed by atoms with Crippen molar-refractivity contribution in [2.75, 3.05) is 37.7 Å². The fourth-order valence-electron chi connectivity index (χ4n) is 3.33. The smallest absolute Gasteiger partial charge is 0.186 e. The van der Waals surface area contributed by atoms with E-state index in [2.05, 4.69) is 58.4 Å². The van der Waals surface area contributed by atoms with E-state index in [0.717, 1.165) is 53.2 Å². The molecule has 1 aliphatic heterocycles. The van der Waals surface area contributed by atoms with E-state index in [-0.39, 0.29) is 0 Å². The van der Waals surface area contributed by atoms with Crippen molar-refractivity contribution in [2.45, 2.75) is 25.8 Å². The summed E-state index contributed by atoms with van der Waals surface area (Å²) in [4.78, 5) is 17.3. The van der Waals surface area contributed by atoms with Crippen LogP contribution in [0.4, 0.5) is 5.13 Å². The molecule has 1 saturated carbocycles. The molecular formula is C22H28N6S. The summed E-state index contributed by atoms with van der Waals surface area (Å²) in [6.07, 6.45) is 6.14. The Morgan fingerprint density at radius 3 is 2.93 bits per heavy atom. The molecule has 2 aliphatic rings. The van der Waals surface area contributed by atoms with Gasteiger partial charge in [-0.3, -0.25) is 15.3 Å². The predicted molar refractivity (Wildman–Crippen MR) is 124 cm³/mol. The number of hydrogen-bond donors (Lipinski definition) is 2. The number of aromatic nitrogens is 1. The number of aryl methyl sites for hydroxylation is 1. The summed E-state index contributed by atoms with van der Waals surface area (Å²) in [5.74, 6) is 0. The molecule has 1 aromatic heterocycles. The minimum absolute atomic E-state index is 0.607. The number of anilines is 1. The van der Waals surface area contributed by atoms with Crippen LogP contribution in [0, 0.1) is 6.92 Å². The zero-order chi connectivity index (χ0) is 20.1. The zero-order valence-electron chi connectivity index (χ0n) is 16.9. The summed E-state index contributed by atoms with van der Waals surface area (Å²) in [6.45, 7) is 10.2. The van der Waals surface area contributed by atoms with Crippen LogP contribution in [0.2, 0.25) is 0 Å². The van der Waals surface area contributed by atoms with E-state index >= 15 is 0 Å². The van der Waals surface area contributed by atoms with Gasteiger partial charge in [0.15, 0.2) is 5.13 Å². The van der Waals surface area contributed by atoms with Crippen LogP contribution in [-0.2, 0) is 0 Å². The van der Waals surface area contributed by atoms with E-state index in [0.29, 0.717) is 12.7 Å². The highest BCUT2D eigenvalue weighted by Gasteiger charge is 2.22.